The van der Waals surface area contributed by atoms with Crippen LogP contribution in [0.3, 0.4) is 0 Å². The Morgan fingerprint density at radius 2 is 1.53 bits per heavy atom. The average Bonchev–Trinajstić information content (AvgIpc) is 2.43. The van der Waals surface area contributed by atoms with Gasteiger partial charge in [-0.3, -0.25) is 9.59 Å². The van der Waals surface area contributed by atoms with E-state index in [9.17, 15) is 14.7 Å². The minimum Gasteiger partial charge on any atom is -0.507 e. The molecule has 4 heteroatoms. The van der Waals surface area contributed by atoms with Crippen LogP contribution in [0.5, 0.6) is 5.75 Å². The van der Waals surface area contributed by atoms with Crippen LogP contribution in [0, 0.1) is 11.3 Å². The molecule has 0 spiro atoms. The van der Waals surface area contributed by atoms with Crippen molar-refractivity contribution < 1.29 is 14.7 Å². The maximum absolute atomic E-state index is 12.4. The van der Waals surface area contributed by atoms with Gasteiger partial charge in [-0.2, -0.15) is 5.26 Å². The third kappa shape index (κ3) is 1.39. The summed E-state index contributed by atoms with van der Waals surface area (Å²) in [6, 6.07) is 10.8. The van der Waals surface area contributed by atoms with E-state index in [0.717, 1.165) is 0 Å². The molecule has 0 aliphatic heterocycles. The van der Waals surface area contributed by atoms with Gasteiger partial charge in [-0.1, -0.05) is 24.3 Å². The van der Waals surface area contributed by atoms with Crippen LogP contribution in [-0.4, -0.2) is 16.7 Å². The summed E-state index contributed by atoms with van der Waals surface area (Å²) in [4.78, 5) is 24.7. The maximum Gasteiger partial charge on any atom is 0.199 e. The molecule has 0 saturated heterocycles. The SMILES string of the molecule is N#Cc1cccc2c1C(=O)c1c(O)cccc1C2=O. The summed E-state index contributed by atoms with van der Waals surface area (Å²) in [6.45, 7) is 0. The lowest BCUT2D eigenvalue weighted by atomic mass is 9.81. The standard InChI is InChI=1S/C15H7NO3/c16-7-8-3-1-4-9-12(8)15(19)13-10(14(9)18)5-2-6-11(13)17/h1-6,17H. The largest absolute Gasteiger partial charge is 0.507 e. The number of phenolic OH excluding ortho intramolecular Hbond substituents is 1. The van der Waals surface area contributed by atoms with Gasteiger partial charge in [0.05, 0.1) is 22.8 Å². The third-order valence-electron chi connectivity index (χ3n) is 3.17. The maximum atomic E-state index is 12.4. The van der Waals surface area contributed by atoms with Crippen LogP contribution in [0.1, 0.15) is 37.4 Å². The number of ketones is 2. The van der Waals surface area contributed by atoms with Crippen molar-refractivity contribution in [2.45, 2.75) is 0 Å². The number of fused-ring (bicyclic) bond motifs is 2. The molecule has 0 radical (unpaired) electrons. The molecule has 0 aromatic heterocycles. The van der Waals surface area contributed by atoms with Crippen LogP contribution < -0.4 is 0 Å². The van der Waals surface area contributed by atoms with E-state index in [1.807, 2.05) is 6.07 Å². The van der Waals surface area contributed by atoms with Crippen molar-refractivity contribution in [2.75, 3.05) is 0 Å². The van der Waals surface area contributed by atoms with E-state index in [1.54, 1.807) is 6.07 Å². The lowest BCUT2D eigenvalue weighted by Gasteiger charge is -2.18. The second kappa shape index (κ2) is 3.79. The van der Waals surface area contributed by atoms with Crippen molar-refractivity contribution in [3.05, 3.63) is 64.2 Å². The van der Waals surface area contributed by atoms with Gasteiger partial charge in [0, 0.05) is 11.1 Å². The van der Waals surface area contributed by atoms with Crippen LogP contribution in [0.4, 0.5) is 0 Å². The first-order chi connectivity index (χ1) is 9.15. The first-order valence-electron chi connectivity index (χ1n) is 5.59. The zero-order valence-corrected chi connectivity index (χ0v) is 9.68. The molecule has 0 saturated carbocycles. The molecule has 2 aromatic carbocycles. The fourth-order valence-electron chi connectivity index (χ4n) is 2.32. The molecule has 0 unspecified atom stereocenters. The minimum absolute atomic E-state index is 0.0253. The molecular formula is C15H7NO3. The number of aromatic hydroxyl groups is 1. The lowest BCUT2D eigenvalue weighted by Crippen LogP contribution is -2.22. The van der Waals surface area contributed by atoms with Crippen molar-refractivity contribution in [2.24, 2.45) is 0 Å². The highest BCUT2D eigenvalue weighted by Gasteiger charge is 2.33. The normalized spacial score (nSPS) is 12.6. The van der Waals surface area contributed by atoms with Gasteiger partial charge in [0.25, 0.3) is 0 Å². The molecule has 2 aromatic rings. The van der Waals surface area contributed by atoms with E-state index < -0.39 is 5.78 Å². The number of nitriles is 1. The highest BCUT2D eigenvalue weighted by Crippen LogP contribution is 2.33. The molecule has 1 aliphatic rings. The van der Waals surface area contributed by atoms with Crippen LogP contribution >= 0.6 is 0 Å². The van der Waals surface area contributed by atoms with Crippen LogP contribution in [-0.2, 0) is 0 Å². The Labute approximate surface area is 108 Å². The summed E-state index contributed by atoms with van der Waals surface area (Å²) in [5.41, 5.74) is 0.575. The molecule has 0 bridgehead atoms. The summed E-state index contributed by atoms with van der Waals surface area (Å²) in [5.74, 6) is -1.08. The molecule has 0 fully saturated rings. The van der Waals surface area contributed by atoms with Crippen LogP contribution in [0.15, 0.2) is 36.4 Å². The fourth-order valence-corrected chi connectivity index (χ4v) is 2.32. The molecule has 19 heavy (non-hydrogen) atoms. The zero-order valence-electron chi connectivity index (χ0n) is 9.68. The molecule has 4 nitrogen and oxygen atoms in total. The Kier molecular flexibility index (Phi) is 2.23. The van der Waals surface area contributed by atoms with Gasteiger partial charge in [0.15, 0.2) is 11.6 Å². The number of hydrogen-bond acceptors (Lipinski definition) is 4. The van der Waals surface area contributed by atoms with Crippen LogP contribution in [0.2, 0.25) is 0 Å². The zero-order chi connectivity index (χ0) is 13.6. The fraction of sp³-hybridized carbons (Fsp3) is 0. The second-order valence-corrected chi connectivity index (χ2v) is 4.20. The van der Waals surface area contributed by atoms with Gasteiger partial charge in [-0.25, -0.2) is 0 Å². The molecule has 0 amide bonds. The topological polar surface area (TPSA) is 78.2 Å². The summed E-state index contributed by atoms with van der Waals surface area (Å²) < 4.78 is 0. The molecular weight excluding hydrogens is 242 g/mol. The Bertz CT molecular complexity index is 784. The van der Waals surface area contributed by atoms with Gasteiger partial charge in [-0.15, -0.1) is 0 Å². The predicted molar refractivity (Wildman–Crippen MR) is 66.1 cm³/mol. The smallest absolute Gasteiger partial charge is 0.199 e. The van der Waals surface area contributed by atoms with Gasteiger partial charge < -0.3 is 5.11 Å². The first-order valence-corrected chi connectivity index (χ1v) is 5.59. The van der Waals surface area contributed by atoms with Crippen molar-refractivity contribution in [3.8, 4) is 11.8 Å². The molecule has 3 rings (SSSR count). The van der Waals surface area contributed by atoms with E-state index in [2.05, 4.69) is 0 Å². The van der Waals surface area contributed by atoms with E-state index in [0.29, 0.717) is 0 Å². The molecule has 0 heterocycles. The number of carbonyl (C=O) groups is 2. The van der Waals surface area contributed by atoms with E-state index >= 15 is 0 Å². The van der Waals surface area contributed by atoms with Crippen molar-refractivity contribution in [1.29, 1.82) is 5.26 Å². The Hall–Kier alpha value is -2.93. The Morgan fingerprint density at radius 1 is 0.895 bits per heavy atom. The summed E-state index contributed by atoms with van der Waals surface area (Å²) >= 11 is 0. The van der Waals surface area contributed by atoms with Gasteiger partial charge >= 0.3 is 0 Å². The van der Waals surface area contributed by atoms with Gasteiger partial charge in [0.1, 0.15) is 5.75 Å². The highest BCUT2D eigenvalue weighted by atomic mass is 16.3. The van der Waals surface area contributed by atoms with Gasteiger partial charge in [-0.05, 0) is 12.1 Å². The second-order valence-electron chi connectivity index (χ2n) is 4.20. The molecule has 1 aliphatic carbocycles. The number of nitrogens with zero attached hydrogens (tertiary/aromatic N) is 1. The van der Waals surface area contributed by atoms with Gasteiger partial charge in [0.2, 0.25) is 0 Å². The predicted octanol–water partition coefficient (Wildman–Crippen LogP) is 2.04. The van der Waals surface area contributed by atoms with E-state index in [4.69, 9.17) is 5.26 Å². The monoisotopic (exact) mass is 249 g/mol. The lowest BCUT2D eigenvalue weighted by molar-refractivity contribution is 0.0976. The Morgan fingerprint density at radius 3 is 2.21 bits per heavy atom. The molecule has 0 atom stereocenters. The molecule has 1 N–H and O–H groups in total. The minimum atomic E-state index is -0.486. The summed E-state index contributed by atoms with van der Waals surface area (Å²) in [6.07, 6.45) is 0. The number of phenols is 1. The average molecular weight is 249 g/mol. The van der Waals surface area contributed by atoms with Crippen molar-refractivity contribution >= 4 is 11.6 Å². The number of benzene rings is 2. The van der Waals surface area contributed by atoms with Crippen LogP contribution in [0.25, 0.3) is 0 Å². The number of rotatable bonds is 0. The highest BCUT2D eigenvalue weighted by molar-refractivity contribution is 6.30. The van der Waals surface area contributed by atoms with E-state index in [1.165, 1.54) is 30.3 Å². The van der Waals surface area contributed by atoms with Crippen molar-refractivity contribution in [3.63, 3.8) is 0 Å². The molecule has 90 valence electrons. The van der Waals surface area contributed by atoms with E-state index in [-0.39, 0.29) is 39.4 Å². The van der Waals surface area contributed by atoms with Crippen molar-refractivity contribution in [1.82, 2.24) is 0 Å². The number of hydrogen-bond donors (Lipinski definition) is 1. The number of carbonyl (C=O) groups excluding carboxylic acids is 2. The first kappa shape index (κ1) is 11.2. The Balaban J connectivity index is 2.41. The summed E-state index contributed by atoms with van der Waals surface area (Å²) in [7, 11) is 0. The summed E-state index contributed by atoms with van der Waals surface area (Å²) in [5, 5.41) is 18.8. The third-order valence-corrected chi connectivity index (χ3v) is 3.17. The quantitative estimate of drug-likeness (QED) is 0.661.